The van der Waals surface area contributed by atoms with E-state index in [0.29, 0.717) is 11.4 Å². The molecule has 120 valence electrons. The van der Waals surface area contributed by atoms with Crippen LogP contribution < -0.4 is 5.32 Å². The molecule has 1 heterocycles. The molecule has 0 saturated heterocycles. The third-order valence-electron chi connectivity index (χ3n) is 3.67. The number of aromatic nitrogens is 2. The van der Waals surface area contributed by atoms with Crippen molar-refractivity contribution in [2.45, 2.75) is 72.0 Å². The number of unbranched alkanes of at least 4 members (excludes halogenated alkanes) is 1. The molecule has 0 aromatic carbocycles. The lowest BCUT2D eigenvalue weighted by atomic mass is 9.94. The average Bonchev–Trinajstić information content (AvgIpc) is 2.61. The Kier molecular flexibility index (Phi) is 6.23. The van der Waals surface area contributed by atoms with E-state index in [-0.39, 0.29) is 6.04 Å². The van der Waals surface area contributed by atoms with Crippen LogP contribution in [0.3, 0.4) is 0 Å². The van der Waals surface area contributed by atoms with Crippen LogP contribution in [0.2, 0.25) is 5.02 Å². The fourth-order valence-corrected chi connectivity index (χ4v) is 2.65. The molecule has 0 aliphatic carbocycles. The molecule has 1 aromatic rings. The van der Waals surface area contributed by atoms with E-state index in [1.807, 2.05) is 32.4 Å². The number of carboxylic acid groups (broad SMARTS) is 1. The van der Waals surface area contributed by atoms with Gasteiger partial charge in [0.05, 0.1) is 16.4 Å². The number of aryl methyl sites for hydroxylation is 2. The maximum absolute atomic E-state index is 11.4. The third-order valence-corrected chi connectivity index (χ3v) is 4.22. The summed E-state index contributed by atoms with van der Waals surface area (Å²) in [5, 5.41) is 17.6. The molecule has 1 rings (SSSR count). The molecule has 1 atom stereocenters. The van der Waals surface area contributed by atoms with Crippen molar-refractivity contribution < 1.29 is 9.90 Å². The molecule has 6 heteroatoms. The van der Waals surface area contributed by atoms with Crippen molar-refractivity contribution in [3.05, 3.63) is 16.4 Å². The molecule has 1 unspecified atom stereocenters. The van der Waals surface area contributed by atoms with Gasteiger partial charge in [0.25, 0.3) is 0 Å². The lowest BCUT2D eigenvalue weighted by Crippen LogP contribution is -2.52. The molecule has 0 spiro atoms. The Bertz CT molecular complexity index is 499. The minimum Gasteiger partial charge on any atom is -0.480 e. The zero-order chi connectivity index (χ0) is 16.2. The largest absolute Gasteiger partial charge is 0.480 e. The van der Waals surface area contributed by atoms with Crippen molar-refractivity contribution in [1.82, 2.24) is 15.1 Å². The molecule has 0 saturated carbocycles. The molecule has 0 fully saturated rings. The number of nitrogens with zero attached hydrogens (tertiary/aromatic N) is 2. The molecule has 0 radical (unpaired) electrons. The Morgan fingerprint density at radius 2 is 2.05 bits per heavy atom. The number of aliphatic carboxylic acids is 1. The Morgan fingerprint density at radius 3 is 2.48 bits per heavy atom. The number of rotatable bonds is 8. The van der Waals surface area contributed by atoms with E-state index in [1.54, 1.807) is 6.92 Å². The fourth-order valence-electron chi connectivity index (χ4n) is 2.51. The van der Waals surface area contributed by atoms with Crippen LogP contribution in [0.15, 0.2) is 0 Å². The second kappa shape index (κ2) is 7.27. The maximum atomic E-state index is 11.4. The predicted octanol–water partition coefficient (Wildman–Crippen LogP) is 3.16. The van der Waals surface area contributed by atoms with Crippen LogP contribution in [-0.4, -0.2) is 32.4 Å². The lowest BCUT2D eigenvalue weighted by molar-refractivity contribution is -0.144. The van der Waals surface area contributed by atoms with Crippen LogP contribution in [0.5, 0.6) is 0 Å². The van der Waals surface area contributed by atoms with E-state index in [2.05, 4.69) is 10.4 Å². The highest BCUT2D eigenvalue weighted by Gasteiger charge is 2.32. The van der Waals surface area contributed by atoms with Gasteiger partial charge in [0.2, 0.25) is 0 Å². The third kappa shape index (κ3) is 4.71. The normalized spacial score (nSPS) is 14.4. The Labute approximate surface area is 131 Å². The summed E-state index contributed by atoms with van der Waals surface area (Å²) in [6.45, 7) is 10.3. The smallest absolute Gasteiger partial charge is 0.323 e. The molecule has 5 nitrogen and oxygen atoms in total. The summed E-state index contributed by atoms with van der Waals surface area (Å²) < 4.78 is 1.89. The lowest BCUT2D eigenvalue weighted by Gasteiger charge is -2.28. The summed E-state index contributed by atoms with van der Waals surface area (Å²) in [6, 6.07) is 0.140. The van der Waals surface area contributed by atoms with E-state index in [4.69, 9.17) is 11.6 Å². The van der Waals surface area contributed by atoms with E-state index in [1.165, 1.54) is 0 Å². The molecule has 0 amide bonds. The van der Waals surface area contributed by atoms with Crippen molar-refractivity contribution >= 4 is 17.6 Å². The first-order chi connectivity index (χ1) is 9.67. The van der Waals surface area contributed by atoms with Gasteiger partial charge in [0.15, 0.2) is 0 Å². The maximum Gasteiger partial charge on any atom is 0.323 e. The zero-order valence-electron chi connectivity index (χ0n) is 13.5. The average molecular weight is 316 g/mol. The molecule has 0 aliphatic rings. The molecule has 0 bridgehead atoms. The molecule has 2 N–H and O–H groups in total. The summed E-state index contributed by atoms with van der Waals surface area (Å²) in [5.41, 5.74) is 0.933. The minimum absolute atomic E-state index is 0.140. The van der Waals surface area contributed by atoms with Gasteiger partial charge in [0.1, 0.15) is 5.54 Å². The highest BCUT2D eigenvalue weighted by Crippen LogP contribution is 2.20. The zero-order valence-corrected chi connectivity index (χ0v) is 14.3. The number of halogens is 1. The van der Waals surface area contributed by atoms with Crippen molar-refractivity contribution in [2.75, 3.05) is 0 Å². The first kappa shape index (κ1) is 18.0. The van der Waals surface area contributed by atoms with Gasteiger partial charge in [-0.3, -0.25) is 14.8 Å². The van der Waals surface area contributed by atoms with E-state index < -0.39 is 11.5 Å². The predicted molar refractivity (Wildman–Crippen MR) is 84.9 cm³/mol. The quantitative estimate of drug-likeness (QED) is 0.723. The van der Waals surface area contributed by atoms with Crippen molar-refractivity contribution in [3.8, 4) is 0 Å². The van der Waals surface area contributed by atoms with E-state index in [9.17, 15) is 9.90 Å². The van der Waals surface area contributed by atoms with Gasteiger partial charge in [-0.05, 0) is 53.9 Å². The number of carbonyl (C=O) groups is 1. The second-order valence-corrected chi connectivity index (χ2v) is 6.48. The van der Waals surface area contributed by atoms with E-state index >= 15 is 0 Å². The molecule has 21 heavy (non-hydrogen) atoms. The van der Waals surface area contributed by atoms with Crippen molar-refractivity contribution in [1.29, 1.82) is 0 Å². The highest BCUT2D eigenvalue weighted by molar-refractivity contribution is 6.31. The standard InChI is InChI=1S/C15H26ClN3O2/c1-10(2)17-15(5,14(20)21)8-6-7-9-19-12(4)13(16)11(3)18-19/h10,17H,6-9H2,1-5H3,(H,20,21). The van der Waals surface area contributed by atoms with Crippen molar-refractivity contribution in [3.63, 3.8) is 0 Å². The van der Waals surface area contributed by atoms with Crippen LogP contribution in [0.25, 0.3) is 0 Å². The number of hydrogen-bond donors (Lipinski definition) is 2. The van der Waals surface area contributed by atoms with Crippen LogP contribution in [0.1, 0.15) is 51.4 Å². The van der Waals surface area contributed by atoms with Crippen LogP contribution in [0.4, 0.5) is 0 Å². The first-order valence-corrected chi connectivity index (χ1v) is 7.76. The summed E-state index contributed by atoms with van der Waals surface area (Å²) in [4.78, 5) is 11.4. The van der Waals surface area contributed by atoms with Crippen LogP contribution in [0, 0.1) is 13.8 Å². The minimum atomic E-state index is -0.874. The number of hydrogen-bond acceptors (Lipinski definition) is 3. The van der Waals surface area contributed by atoms with Gasteiger partial charge in [0, 0.05) is 12.6 Å². The number of nitrogens with one attached hydrogen (secondary N) is 1. The molecular weight excluding hydrogens is 290 g/mol. The molecule has 1 aromatic heterocycles. The van der Waals surface area contributed by atoms with Gasteiger partial charge in [-0.2, -0.15) is 5.10 Å². The second-order valence-electron chi connectivity index (χ2n) is 6.10. The summed E-state index contributed by atoms with van der Waals surface area (Å²) in [5.74, 6) is -0.801. The summed E-state index contributed by atoms with van der Waals surface area (Å²) >= 11 is 6.11. The SMILES string of the molecule is Cc1nn(CCCCC(C)(NC(C)C)C(=O)O)c(C)c1Cl. The Hall–Kier alpha value is -1.07. The van der Waals surface area contributed by atoms with Crippen molar-refractivity contribution in [2.24, 2.45) is 0 Å². The Morgan fingerprint density at radius 1 is 1.43 bits per heavy atom. The van der Waals surface area contributed by atoms with Crippen LogP contribution >= 0.6 is 11.6 Å². The van der Waals surface area contributed by atoms with Gasteiger partial charge in [-0.15, -0.1) is 0 Å². The molecule has 0 aliphatic heterocycles. The van der Waals surface area contributed by atoms with Crippen LogP contribution in [-0.2, 0) is 11.3 Å². The fraction of sp³-hybridized carbons (Fsp3) is 0.733. The Balaban J connectivity index is 2.52. The van der Waals surface area contributed by atoms with Gasteiger partial charge in [-0.1, -0.05) is 11.6 Å². The topological polar surface area (TPSA) is 67.2 Å². The van der Waals surface area contributed by atoms with E-state index in [0.717, 1.165) is 30.8 Å². The first-order valence-electron chi connectivity index (χ1n) is 7.38. The highest BCUT2D eigenvalue weighted by atomic mass is 35.5. The molecular formula is C15H26ClN3O2. The summed E-state index contributed by atoms with van der Waals surface area (Å²) in [7, 11) is 0. The summed E-state index contributed by atoms with van der Waals surface area (Å²) in [6.07, 6.45) is 2.28. The van der Waals surface area contributed by atoms with Gasteiger partial charge >= 0.3 is 5.97 Å². The van der Waals surface area contributed by atoms with Gasteiger partial charge < -0.3 is 5.11 Å². The number of carboxylic acids is 1. The van der Waals surface area contributed by atoms with Gasteiger partial charge in [-0.25, -0.2) is 0 Å². The monoisotopic (exact) mass is 315 g/mol.